The van der Waals surface area contributed by atoms with Gasteiger partial charge >= 0.3 is 5.97 Å². The fourth-order valence-corrected chi connectivity index (χ4v) is 1.01. The zero-order chi connectivity index (χ0) is 8.10. The van der Waals surface area contributed by atoms with E-state index in [1.165, 1.54) is 25.3 Å². The lowest BCUT2D eigenvalue weighted by molar-refractivity contribution is -0.131. The molecule has 11 heavy (non-hydrogen) atoms. The SMILES string of the molecule is O=C(O)/C=C/CNC1CCC1. The van der Waals surface area contributed by atoms with E-state index in [9.17, 15) is 4.79 Å². The van der Waals surface area contributed by atoms with E-state index in [0.29, 0.717) is 12.6 Å². The third kappa shape index (κ3) is 3.18. The van der Waals surface area contributed by atoms with Crippen molar-refractivity contribution >= 4 is 5.97 Å². The van der Waals surface area contributed by atoms with E-state index in [1.54, 1.807) is 6.08 Å². The topological polar surface area (TPSA) is 49.3 Å². The highest BCUT2D eigenvalue weighted by Crippen LogP contribution is 2.17. The third-order valence-electron chi connectivity index (χ3n) is 1.89. The smallest absolute Gasteiger partial charge is 0.328 e. The summed E-state index contributed by atoms with van der Waals surface area (Å²) in [4.78, 5) is 10.0. The Morgan fingerprint density at radius 2 is 2.36 bits per heavy atom. The quantitative estimate of drug-likeness (QED) is 0.589. The molecule has 0 atom stereocenters. The molecular formula is C8H13NO2. The van der Waals surface area contributed by atoms with E-state index in [0.717, 1.165) is 0 Å². The number of carboxylic acid groups (broad SMARTS) is 1. The van der Waals surface area contributed by atoms with Gasteiger partial charge in [-0.15, -0.1) is 0 Å². The predicted molar refractivity (Wildman–Crippen MR) is 42.4 cm³/mol. The molecule has 0 aromatic heterocycles. The molecule has 0 aliphatic heterocycles. The van der Waals surface area contributed by atoms with Gasteiger partial charge < -0.3 is 10.4 Å². The van der Waals surface area contributed by atoms with Gasteiger partial charge in [-0.05, 0) is 12.8 Å². The molecule has 0 amide bonds. The second-order valence-electron chi connectivity index (χ2n) is 2.78. The summed E-state index contributed by atoms with van der Waals surface area (Å²) in [6.45, 7) is 0.678. The van der Waals surface area contributed by atoms with Gasteiger partial charge in [-0.1, -0.05) is 12.5 Å². The van der Waals surface area contributed by atoms with Crippen LogP contribution in [0.1, 0.15) is 19.3 Å². The highest BCUT2D eigenvalue weighted by molar-refractivity contribution is 5.79. The van der Waals surface area contributed by atoms with Crippen molar-refractivity contribution in [3.8, 4) is 0 Å². The van der Waals surface area contributed by atoms with Crippen LogP contribution >= 0.6 is 0 Å². The summed E-state index contributed by atoms with van der Waals surface area (Å²) >= 11 is 0. The van der Waals surface area contributed by atoms with E-state index in [1.807, 2.05) is 0 Å². The predicted octanol–water partition coefficient (Wildman–Crippen LogP) is 0.769. The first-order valence-corrected chi connectivity index (χ1v) is 3.92. The lowest BCUT2D eigenvalue weighted by Crippen LogP contribution is -2.35. The van der Waals surface area contributed by atoms with Gasteiger partial charge in [-0.25, -0.2) is 4.79 Å². The molecule has 1 aliphatic carbocycles. The highest BCUT2D eigenvalue weighted by Gasteiger charge is 2.14. The molecule has 0 spiro atoms. The molecular weight excluding hydrogens is 142 g/mol. The lowest BCUT2D eigenvalue weighted by atomic mass is 9.93. The zero-order valence-electron chi connectivity index (χ0n) is 6.42. The first kappa shape index (κ1) is 8.27. The molecule has 0 bridgehead atoms. The number of carboxylic acids is 1. The maximum Gasteiger partial charge on any atom is 0.328 e. The van der Waals surface area contributed by atoms with Crippen LogP contribution in [0.25, 0.3) is 0 Å². The number of hydrogen-bond donors (Lipinski definition) is 2. The van der Waals surface area contributed by atoms with Crippen molar-refractivity contribution in [1.82, 2.24) is 5.32 Å². The molecule has 0 aromatic rings. The van der Waals surface area contributed by atoms with Crippen molar-refractivity contribution in [2.75, 3.05) is 6.54 Å². The van der Waals surface area contributed by atoms with Crippen molar-refractivity contribution in [3.05, 3.63) is 12.2 Å². The fraction of sp³-hybridized carbons (Fsp3) is 0.625. The summed E-state index contributed by atoms with van der Waals surface area (Å²) in [5.41, 5.74) is 0. The number of nitrogens with one attached hydrogen (secondary N) is 1. The maximum atomic E-state index is 10.0. The molecule has 3 heteroatoms. The van der Waals surface area contributed by atoms with Crippen molar-refractivity contribution in [3.63, 3.8) is 0 Å². The second-order valence-corrected chi connectivity index (χ2v) is 2.78. The van der Waals surface area contributed by atoms with Gasteiger partial charge in [0.25, 0.3) is 0 Å². The largest absolute Gasteiger partial charge is 0.478 e. The second kappa shape index (κ2) is 4.13. The van der Waals surface area contributed by atoms with Gasteiger partial charge in [0.1, 0.15) is 0 Å². The van der Waals surface area contributed by atoms with Gasteiger partial charge in [0, 0.05) is 18.7 Å². The van der Waals surface area contributed by atoms with Crippen LogP contribution in [0.3, 0.4) is 0 Å². The summed E-state index contributed by atoms with van der Waals surface area (Å²) in [5, 5.41) is 11.5. The standard InChI is InChI=1S/C8H13NO2/c10-8(11)5-2-6-9-7-3-1-4-7/h2,5,7,9H,1,3-4,6H2,(H,10,11)/b5-2+. The lowest BCUT2D eigenvalue weighted by Gasteiger charge is -2.25. The molecule has 2 N–H and O–H groups in total. The van der Waals surface area contributed by atoms with Gasteiger partial charge in [0.2, 0.25) is 0 Å². The Hall–Kier alpha value is -0.830. The van der Waals surface area contributed by atoms with Crippen LogP contribution in [0.15, 0.2) is 12.2 Å². The van der Waals surface area contributed by atoms with Crippen LogP contribution < -0.4 is 5.32 Å². The van der Waals surface area contributed by atoms with E-state index in [4.69, 9.17) is 5.11 Å². The van der Waals surface area contributed by atoms with Crippen LogP contribution in [0, 0.1) is 0 Å². The Labute approximate surface area is 66.1 Å². The van der Waals surface area contributed by atoms with E-state index in [-0.39, 0.29) is 0 Å². The molecule has 1 saturated carbocycles. The van der Waals surface area contributed by atoms with Crippen LogP contribution in [0.4, 0.5) is 0 Å². The van der Waals surface area contributed by atoms with Crippen LogP contribution in [0.5, 0.6) is 0 Å². The summed E-state index contributed by atoms with van der Waals surface area (Å²) < 4.78 is 0. The molecule has 3 nitrogen and oxygen atoms in total. The normalized spacial score (nSPS) is 18.5. The third-order valence-corrected chi connectivity index (χ3v) is 1.89. The molecule has 62 valence electrons. The molecule has 1 aliphatic rings. The van der Waals surface area contributed by atoms with Crippen LogP contribution in [-0.4, -0.2) is 23.7 Å². The Morgan fingerprint density at radius 1 is 1.64 bits per heavy atom. The fourth-order valence-electron chi connectivity index (χ4n) is 1.01. The van der Waals surface area contributed by atoms with Gasteiger partial charge in [-0.2, -0.15) is 0 Å². The Kier molecular flexibility index (Phi) is 3.11. The minimum absolute atomic E-state index is 0.633. The van der Waals surface area contributed by atoms with Crippen LogP contribution in [-0.2, 0) is 4.79 Å². The van der Waals surface area contributed by atoms with Gasteiger partial charge in [-0.3, -0.25) is 0 Å². The Morgan fingerprint density at radius 3 is 2.82 bits per heavy atom. The molecule has 0 aromatic carbocycles. The van der Waals surface area contributed by atoms with Crippen molar-refractivity contribution in [2.24, 2.45) is 0 Å². The molecule has 0 saturated heterocycles. The first-order valence-electron chi connectivity index (χ1n) is 3.92. The molecule has 0 radical (unpaired) electrons. The van der Waals surface area contributed by atoms with Crippen molar-refractivity contribution in [1.29, 1.82) is 0 Å². The number of hydrogen-bond acceptors (Lipinski definition) is 2. The zero-order valence-corrected chi connectivity index (χ0v) is 6.42. The Balaban J connectivity index is 1.98. The summed E-state index contributed by atoms with van der Waals surface area (Å²) in [7, 11) is 0. The number of rotatable bonds is 4. The van der Waals surface area contributed by atoms with Crippen LogP contribution in [0.2, 0.25) is 0 Å². The molecule has 1 fully saturated rings. The number of carbonyl (C=O) groups is 1. The van der Waals surface area contributed by atoms with Gasteiger partial charge in [0.15, 0.2) is 0 Å². The van der Waals surface area contributed by atoms with E-state index >= 15 is 0 Å². The summed E-state index contributed by atoms with van der Waals surface area (Å²) in [6.07, 6.45) is 6.59. The van der Waals surface area contributed by atoms with Crippen molar-refractivity contribution in [2.45, 2.75) is 25.3 Å². The van der Waals surface area contributed by atoms with E-state index < -0.39 is 5.97 Å². The average Bonchev–Trinajstić information content (AvgIpc) is 1.82. The Bertz CT molecular complexity index is 161. The average molecular weight is 155 g/mol. The summed E-state index contributed by atoms with van der Waals surface area (Å²) in [5.74, 6) is -0.875. The molecule has 1 rings (SSSR count). The number of aliphatic carboxylic acids is 1. The van der Waals surface area contributed by atoms with Gasteiger partial charge in [0.05, 0.1) is 0 Å². The molecule has 0 unspecified atom stereocenters. The first-order chi connectivity index (χ1) is 5.29. The maximum absolute atomic E-state index is 10.0. The minimum atomic E-state index is -0.875. The van der Waals surface area contributed by atoms with Crippen molar-refractivity contribution < 1.29 is 9.90 Å². The monoisotopic (exact) mass is 155 g/mol. The summed E-state index contributed by atoms with van der Waals surface area (Å²) in [6, 6.07) is 0.633. The molecule has 0 heterocycles. The highest BCUT2D eigenvalue weighted by atomic mass is 16.4. The van der Waals surface area contributed by atoms with E-state index in [2.05, 4.69) is 5.32 Å². The minimum Gasteiger partial charge on any atom is -0.478 e.